The van der Waals surface area contributed by atoms with Gasteiger partial charge in [0.15, 0.2) is 0 Å². The smallest absolute Gasteiger partial charge is 0.0967 e. The van der Waals surface area contributed by atoms with Crippen LogP contribution in [-0.2, 0) is 0 Å². The highest BCUT2D eigenvalue weighted by molar-refractivity contribution is 5.22. The van der Waals surface area contributed by atoms with E-state index in [0.717, 1.165) is 0 Å². The third kappa shape index (κ3) is 0.967. The van der Waals surface area contributed by atoms with Crippen molar-refractivity contribution in [3.8, 4) is 0 Å². The fourth-order valence-electron chi connectivity index (χ4n) is 0.486. The Balaban J connectivity index is 2.59. The standard InChI is InChI=1S/C6H7NO/c7-5-3-1-2-4-6(5)8/h1,3-4,6,8H,7H2. The van der Waals surface area contributed by atoms with E-state index < -0.39 is 6.10 Å². The van der Waals surface area contributed by atoms with E-state index in [4.69, 9.17) is 10.8 Å². The van der Waals surface area contributed by atoms with Crippen molar-refractivity contribution < 1.29 is 5.11 Å². The quantitative estimate of drug-likeness (QED) is 0.451. The van der Waals surface area contributed by atoms with E-state index in [2.05, 4.69) is 6.08 Å². The molecule has 0 saturated carbocycles. The molecule has 0 bridgehead atoms. The third-order valence-electron chi connectivity index (χ3n) is 0.968. The van der Waals surface area contributed by atoms with Gasteiger partial charge in [0.25, 0.3) is 0 Å². The van der Waals surface area contributed by atoms with E-state index in [1.54, 1.807) is 12.2 Å². The summed E-state index contributed by atoms with van der Waals surface area (Å²) in [6.45, 7) is 0. The summed E-state index contributed by atoms with van der Waals surface area (Å²) < 4.78 is 0. The zero-order chi connectivity index (χ0) is 5.98. The van der Waals surface area contributed by atoms with Crippen molar-refractivity contribution in [2.24, 2.45) is 5.73 Å². The summed E-state index contributed by atoms with van der Waals surface area (Å²) in [4.78, 5) is 0. The van der Waals surface area contributed by atoms with Gasteiger partial charge in [0, 0.05) is 0 Å². The van der Waals surface area contributed by atoms with E-state index in [1.165, 1.54) is 6.08 Å². The second-order valence-electron chi connectivity index (χ2n) is 1.61. The van der Waals surface area contributed by atoms with Gasteiger partial charge in [0.2, 0.25) is 0 Å². The van der Waals surface area contributed by atoms with Gasteiger partial charge >= 0.3 is 0 Å². The van der Waals surface area contributed by atoms with Gasteiger partial charge in [-0.15, -0.1) is 0 Å². The van der Waals surface area contributed by atoms with Gasteiger partial charge in [0.1, 0.15) is 0 Å². The molecule has 3 N–H and O–H groups in total. The Bertz CT molecular complexity index is 112. The summed E-state index contributed by atoms with van der Waals surface area (Å²) in [5.41, 5.74) is 5.29. The average Bonchev–Trinajstić information content (AvgIpc) is 1.77. The molecule has 0 fully saturated rings. The maximum absolute atomic E-state index is 8.85. The van der Waals surface area contributed by atoms with Crippen LogP contribution in [0.5, 0.6) is 0 Å². The normalized spacial score (nSPS) is 29.0. The molecule has 1 aliphatic rings. The van der Waals surface area contributed by atoms with Gasteiger partial charge < -0.3 is 10.8 Å². The molecule has 0 aromatic carbocycles. The first-order valence-corrected chi connectivity index (χ1v) is 2.37. The Hall–Kier alpha value is -0.600. The fourth-order valence-corrected chi connectivity index (χ4v) is 0.486. The molecule has 0 amide bonds. The molecule has 0 heterocycles. The van der Waals surface area contributed by atoms with E-state index in [-0.39, 0.29) is 0 Å². The van der Waals surface area contributed by atoms with Gasteiger partial charge in [-0.2, -0.15) is 0 Å². The molecule has 1 unspecified atom stereocenters. The number of hydrogen-bond donors (Lipinski definition) is 2. The number of aliphatic hydroxyl groups is 1. The summed E-state index contributed by atoms with van der Waals surface area (Å²) in [6.07, 6.45) is 6.89. The Morgan fingerprint density at radius 3 is 2.88 bits per heavy atom. The Labute approximate surface area is 48.3 Å². The maximum Gasteiger partial charge on any atom is 0.0967 e. The molecule has 1 rings (SSSR count). The summed E-state index contributed by atoms with van der Waals surface area (Å²) in [6, 6.07) is 0.476. The Morgan fingerprint density at radius 2 is 2.50 bits per heavy atom. The van der Waals surface area contributed by atoms with Crippen molar-refractivity contribution in [3.05, 3.63) is 30.3 Å². The highest BCUT2D eigenvalue weighted by atomic mass is 16.3. The molecular weight excluding hydrogens is 102 g/mol. The molecule has 2 nitrogen and oxygen atoms in total. The molecule has 0 aromatic heterocycles. The van der Waals surface area contributed by atoms with Crippen LogP contribution < -0.4 is 5.73 Å². The van der Waals surface area contributed by atoms with Gasteiger partial charge in [-0.1, -0.05) is 12.2 Å². The molecule has 8 heavy (non-hydrogen) atoms. The van der Waals surface area contributed by atoms with Crippen LogP contribution in [0.15, 0.2) is 18.2 Å². The minimum absolute atomic E-state index is 0.476. The minimum Gasteiger partial charge on any atom is -0.387 e. The van der Waals surface area contributed by atoms with Crippen molar-refractivity contribution in [2.75, 3.05) is 0 Å². The summed E-state index contributed by atoms with van der Waals surface area (Å²) in [7, 11) is 0. The molecule has 2 heteroatoms. The number of aliphatic hydroxyl groups excluding tert-OH is 1. The van der Waals surface area contributed by atoms with E-state index in [0.29, 0.717) is 6.04 Å². The molecule has 1 atom stereocenters. The second kappa shape index (κ2) is 2.11. The predicted octanol–water partition coefficient (Wildman–Crippen LogP) is -0.233. The lowest BCUT2D eigenvalue weighted by atomic mass is 10.1. The molecular formula is C6H7NO. The second-order valence-corrected chi connectivity index (χ2v) is 1.61. The van der Waals surface area contributed by atoms with Crippen LogP contribution >= 0.6 is 0 Å². The molecule has 0 aromatic rings. The zero-order valence-electron chi connectivity index (χ0n) is 4.33. The SMILES string of the molecule is N[C]1C=C[C]=CC1O. The van der Waals surface area contributed by atoms with Gasteiger partial charge in [0.05, 0.1) is 12.1 Å². The monoisotopic (exact) mass is 109 g/mol. The fraction of sp³-hybridized carbons (Fsp3) is 0.167. The van der Waals surface area contributed by atoms with E-state index in [9.17, 15) is 0 Å². The topological polar surface area (TPSA) is 46.2 Å². The first-order valence-electron chi connectivity index (χ1n) is 2.37. The largest absolute Gasteiger partial charge is 0.387 e. The lowest BCUT2D eigenvalue weighted by molar-refractivity contribution is 0.239. The van der Waals surface area contributed by atoms with Gasteiger partial charge in [-0.3, -0.25) is 0 Å². The first kappa shape index (κ1) is 5.54. The van der Waals surface area contributed by atoms with E-state index in [1.807, 2.05) is 0 Å². The number of rotatable bonds is 0. The van der Waals surface area contributed by atoms with Crippen LogP contribution in [0.1, 0.15) is 0 Å². The zero-order valence-corrected chi connectivity index (χ0v) is 4.33. The highest BCUT2D eigenvalue weighted by Crippen LogP contribution is 2.06. The predicted molar refractivity (Wildman–Crippen MR) is 30.4 cm³/mol. The average molecular weight is 109 g/mol. The van der Waals surface area contributed by atoms with Crippen molar-refractivity contribution in [2.45, 2.75) is 6.10 Å². The van der Waals surface area contributed by atoms with Crippen LogP contribution in [0.3, 0.4) is 0 Å². The van der Waals surface area contributed by atoms with Crippen LogP contribution in [0.25, 0.3) is 0 Å². The van der Waals surface area contributed by atoms with E-state index >= 15 is 0 Å². The minimum atomic E-state index is -0.625. The van der Waals surface area contributed by atoms with Crippen LogP contribution in [0, 0.1) is 12.1 Å². The molecule has 42 valence electrons. The maximum atomic E-state index is 8.85. The lowest BCUT2D eigenvalue weighted by Crippen LogP contribution is -2.23. The Morgan fingerprint density at radius 1 is 1.75 bits per heavy atom. The Kier molecular flexibility index (Phi) is 1.46. The first-order chi connectivity index (χ1) is 3.80. The van der Waals surface area contributed by atoms with Crippen LogP contribution in [0.4, 0.5) is 0 Å². The molecule has 1 aliphatic carbocycles. The third-order valence-corrected chi connectivity index (χ3v) is 0.968. The molecule has 0 aliphatic heterocycles. The molecule has 0 spiro atoms. The van der Waals surface area contributed by atoms with Crippen molar-refractivity contribution >= 4 is 0 Å². The van der Waals surface area contributed by atoms with Gasteiger partial charge in [-0.25, -0.2) is 0 Å². The summed E-state index contributed by atoms with van der Waals surface area (Å²) in [5.74, 6) is 0. The van der Waals surface area contributed by atoms with Crippen LogP contribution in [-0.4, -0.2) is 11.2 Å². The summed E-state index contributed by atoms with van der Waals surface area (Å²) in [5, 5.41) is 8.85. The number of nitrogens with two attached hydrogens (primary N) is 1. The van der Waals surface area contributed by atoms with Crippen molar-refractivity contribution in [3.63, 3.8) is 0 Å². The van der Waals surface area contributed by atoms with Crippen LogP contribution in [0.2, 0.25) is 0 Å². The van der Waals surface area contributed by atoms with Gasteiger partial charge in [-0.05, 0) is 12.2 Å². The highest BCUT2D eigenvalue weighted by Gasteiger charge is 2.09. The lowest BCUT2D eigenvalue weighted by Gasteiger charge is -2.11. The number of hydrogen-bond acceptors (Lipinski definition) is 2. The van der Waals surface area contributed by atoms with Crippen molar-refractivity contribution in [1.29, 1.82) is 0 Å². The summed E-state index contributed by atoms with van der Waals surface area (Å²) >= 11 is 0. The van der Waals surface area contributed by atoms with Crippen molar-refractivity contribution in [1.82, 2.24) is 0 Å². The molecule has 2 radical (unpaired) electrons. The molecule has 0 saturated heterocycles. The number of allylic oxidation sites excluding steroid dienone is 2.